The number of hydrogen-bond acceptors (Lipinski definition) is 2. The van der Waals surface area contributed by atoms with Crippen LogP contribution in [0.5, 0.6) is 0 Å². The largest absolute Gasteiger partial charge is 0.396 e. The number of fused-ring (bicyclic) bond motifs is 1. The Morgan fingerprint density at radius 3 is 2.61 bits per heavy atom. The summed E-state index contributed by atoms with van der Waals surface area (Å²) in [6.45, 7) is 5.73. The van der Waals surface area contributed by atoms with Gasteiger partial charge in [-0.1, -0.05) is 32.0 Å². The molecular formula is C15H19NO2. The van der Waals surface area contributed by atoms with Crippen LogP contribution in [0.4, 0.5) is 0 Å². The van der Waals surface area contributed by atoms with E-state index < -0.39 is 0 Å². The van der Waals surface area contributed by atoms with Gasteiger partial charge in [-0.05, 0) is 18.9 Å². The monoisotopic (exact) mass is 245 g/mol. The Morgan fingerprint density at radius 1 is 1.33 bits per heavy atom. The van der Waals surface area contributed by atoms with E-state index in [0.29, 0.717) is 0 Å². The summed E-state index contributed by atoms with van der Waals surface area (Å²) in [6, 6.07) is 7.78. The SMILES string of the molecule is Cc1[nH]c2ccccc2c1C(=O)C(CO)C(C)C. The maximum absolute atomic E-state index is 12.5. The number of benzene rings is 1. The number of para-hydroxylation sites is 1. The minimum Gasteiger partial charge on any atom is -0.396 e. The van der Waals surface area contributed by atoms with Crippen LogP contribution in [-0.4, -0.2) is 22.5 Å². The van der Waals surface area contributed by atoms with Crippen molar-refractivity contribution in [1.29, 1.82) is 0 Å². The lowest BCUT2D eigenvalue weighted by atomic mass is 9.87. The molecule has 0 aliphatic carbocycles. The molecule has 3 nitrogen and oxygen atoms in total. The van der Waals surface area contributed by atoms with Gasteiger partial charge in [0.1, 0.15) is 0 Å². The van der Waals surface area contributed by atoms with Crippen LogP contribution in [0.1, 0.15) is 29.9 Å². The van der Waals surface area contributed by atoms with Crippen LogP contribution >= 0.6 is 0 Å². The van der Waals surface area contributed by atoms with Crippen LogP contribution in [-0.2, 0) is 0 Å². The van der Waals surface area contributed by atoms with Gasteiger partial charge in [0.25, 0.3) is 0 Å². The molecule has 0 aliphatic rings. The zero-order valence-electron chi connectivity index (χ0n) is 11.0. The molecule has 0 saturated carbocycles. The molecule has 2 N–H and O–H groups in total. The van der Waals surface area contributed by atoms with Gasteiger partial charge in [0.15, 0.2) is 5.78 Å². The van der Waals surface area contributed by atoms with Gasteiger partial charge >= 0.3 is 0 Å². The fourth-order valence-electron chi connectivity index (χ4n) is 2.38. The molecule has 2 rings (SSSR count). The number of H-pyrrole nitrogens is 1. The minimum atomic E-state index is -0.331. The molecule has 0 fully saturated rings. The summed E-state index contributed by atoms with van der Waals surface area (Å²) in [4.78, 5) is 15.8. The summed E-state index contributed by atoms with van der Waals surface area (Å²) in [7, 11) is 0. The average molecular weight is 245 g/mol. The third kappa shape index (κ3) is 2.06. The number of carbonyl (C=O) groups excluding carboxylic acids is 1. The molecule has 1 aromatic carbocycles. The highest BCUT2D eigenvalue weighted by Gasteiger charge is 2.26. The summed E-state index contributed by atoms with van der Waals surface area (Å²) >= 11 is 0. The molecule has 2 aromatic rings. The summed E-state index contributed by atoms with van der Waals surface area (Å²) in [6.07, 6.45) is 0. The minimum absolute atomic E-state index is 0.0300. The van der Waals surface area contributed by atoms with Gasteiger partial charge in [0.05, 0.1) is 6.61 Å². The molecule has 0 saturated heterocycles. The van der Waals surface area contributed by atoms with E-state index in [1.807, 2.05) is 45.0 Å². The van der Waals surface area contributed by atoms with Crippen LogP contribution in [0.3, 0.4) is 0 Å². The molecule has 1 atom stereocenters. The average Bonchev–Trinajstić information content (AvgIpc) is 2.64. The molecule has 96 valence electrons. The number of aliphatic hydroxyl groups excluding tert-OH is 1. The van der Waals surface area contributed by atoms with Gasteiger partial charge in [-0.25, -0.2) is 0 Å². The first-order chi connectivity index (χ1) is 8.56. The van der Waals surface area contributed by atoms with Crippen molar-refractivity contribution in [3.63, 3.8) is 0 Å². The first kappa shape index (κ1) is 12.8. The van der Waals surface area contributed by atoms with Crippen LogP contribution in [0, 0.1) is 18.8 Å². The molecule has 3 heteroatoms. The summed E-state index contributed by atoms with van der Waals surface area (Å²) in [5, 5.41) is 10.3. The molecule has 0 radical (unpaired) electrons. The number of Topliss-reactive ketones (excluding diaryl/α,β-unsaturated/α-hetero) is 1. The van der Waals surface area contributed by atoms with E-state index in [9.17, 15) is 9.90 Å². The number of aromatic nitrogens is 1. The second-order valence-electron chi connectivity index (χ2n) is 5.07. The van der Waals surface area contributed by atoms with Gasteiger partial charge < -0.3 is 10.1 Å². The molecule has 0 bridgehead atoms. The lowest BCUT2D eigenvalue weighted by molar-refractivity contribution is 0.0808. The van der Waals surface area contributed by atoms with Crippen molar-refractivity contribution in [1.82, 2.24) is 4.98 Å². The quantitative estimate of drug-likeness (QED) is 0.814. The Labute approximate surface area is 107 Å². The Balaban J connectivity index is 2.53. The second kappa shape index (κ2) is 4.94. The lowest BCUT2D eigenvalue weighted by Gasteiger charge is -2.16. The number of aromatic amines is 1. The van der Waals surface area contributed by atoms with Crippen molar-refractivity contribution < 1.29 is 9.90 Å². The van der Waals surface area contributed by atoms with Gasteiger partial charge in [0, 0.05) is 28.1 Å². The number of aryl methyl sites for hydroxylation is 1. The fraction of sp³-hybridized carbons (Fsp3) is 0.400. The molecule has 1 unspecified atom stereocenters. The third-order valence-electron chi connectivity index (χ3n) is 3.48. The second-order valence-corrected chi connectivity index (χ2v) is 5.07. The van der Waals surface area contributed by atoms with E-state index in [1.165, 1.54) is 0 Å². The van der Waals surface area contributed by atoms with Crippen molar-refractivity contribution in [2.24, 2.45) is 11.8 Å². The predicted octanol–water partition coefficient (Wildman–Crippen LogP) is 2.92. The number of aliphatic hydroxyl groups is 1. The van der Waals surface area contributed by atoms with Crippen molar-refractivity contribution in [3.05, 3.63) is 35.5 Å². The summed E-state index contributed by atoms with van der Waals surface area (Å²) in [5.41, 5.74) is 2.57. The number of nitrogens with one attached hydrogen (secondary N) is 1. The Morgan fingerprint density at radius 2 is 2.00 bits per heavy atom. The van der Waals surface area contributed by atoms with Gasteiger partial charge in [-0.3, -0.25) is 4.79 Å². The van der Waals surface area contributed by atoms with Crippen molar-refractivity contribution in [3.8, 4) is 0 Å². The van der Waals surface area contributed by atoms with E-state index in [-0.39, 0.29) is 24.2 Å². The van der Waals surface area contributed by atoms with Crippen molar-refractivity contribution >= 4 is 16.7 Å². The van der Waals surface area contributed by atoms with E-state index in [1.54, 1.807) is 0 Å². The first-order valence-electron chi connectivity index (χ1n) is 6.28. The Hall–Kier alpha value is -1.61. The molecule has 0 aliphatic heterocycles. The van der Waals surface area contributed by atoms with E-state index in [4.69, 9.17) is 0 Å². The lowest BCUT2D eigenvalue weighted by Crippen LogP contribution is -2.24. The highest BCUT2D eigenvalue weighted by molar-refractivity contribution is 6.10. The Kier molecular flexibility index (Phi) is 3.53. The maximum Gasteiger partial charge on any atom is 0.170 e. The smallest absolute Gasteiger partial charge is 0.170 e. The topological polar surface area (TPSA) is 53.1 Å². The third-order valence-corrected chi connectivity index (χ3v) is 3.48. The molecule has 0 amide bonds. The molecular weight excluding hydrogens is 226 g/mol. The van der Waals surface area contributed by atoms with E-state index in [0.717, 1.165) is 22.2 Å². The van der Waals surface area contributed by atoms with Crippen LogP contribution in [0.25, 0.3) is 10.9 Å². The zero-order valence-corrected chi connectivity index (χ0v) is 11.0. The molecule has 1 heterocycles. The van der Waals surface area contributed by atoms with Crippen molar-refractivity contribution in [2.75, 3.05) is 6.61 Å². The van der Waals surface area contributed by atoms with Gasteiger partial charge in [-0.2, -0.15) is 0 Å². The Bertz CT molecular complexity index is 569. The van der Waals surface area contributed by atoms with Crippen LogP contribution in [0.2, 0.25) is 0 Å². The fourth-order valence-corrected chi connectivity index (χ4v) is 2.38. The maximum atomic E-state index is 12.5. The summed E-state index contributed by atoms with van der Waals surface area (Å²) in [5.74, 6) is -0.166. The predicted molar refractivity (Wildman–Crippen MR) is 72.8 cm³/mol. The molecule has 1 aromatic heterocycles. The number of hydrogen-bond donors (Lipinski definition) is 2. The van der Waals surface area contributed by atoms with Crippen LogP contribution in [0.15, 0.2) is 24.3 Å². The molecule has 18 heavy (non-hydrogen) atoms. The standard InChI is InChI=1S/C15H19NO2/c1-9(2)12(8-17)15(18)14-10(3)16-13-7-5-4-6-11(13)14/h4-7,9,12,16-17H,8H2,1-3H3. The number of carbonyl (C=O) groups is 1. The summed E-state index contributed by atoms with van der Waals surface area (Å²) < 4.78 is 0. The normalized spacial score (nSPS) is 13.2. The molecule has 0 spiro atoms. The van der Waals surface area contributed by atoms with Crippen molar-refractivity contribution in [2.45, 2.75) is 20.8 Å². The number of rotatable bonds is 4. The zero-order chi connectivity index (χ0) is 13.3. The number of ketones is 1. The highest BCUT2D eigenvalue weighted by atomic mass is 16.3. The van der Waals surface area contributed by atoms with Crippen LogP contribution < -0.4 is 0 Å². The first-order valence-corrected chi connectivity index (χ1v) is 6.28. The van der Waals surface area contributed by atoms with E-state index >= 15 is 0 Å². The van der Waals surface area contributed by atoms with Gasteiger partial charge in [0.2, 0.25) is 0 Å². The highest BCUT2D eigenvalue weighted by Crippen LogP contribution is 2.26. The van der Waals surface area contributed by atoms with E-state index in [2.05, 4.69) is 4.98 Å². The van der Waals surface area contributed by atoms with Gasteiger partial charge in [-0.15, -0.1) is 0 Å².